The van der Waals surface area contributed by atoms with Crippen LogP contribution in [0.2, 0.25) is 5.02 Å². The number of carbonyl (C=O) groups excluding carboxylic acids is 1. The van der Waals surface area contributed by atoms with E-state index in [1.54, 1.807) is 29.6 Å². The first kappa shape index (κ1) is 14.1. The van der Waals surface area contributed by atoms with Gasteiger partial charge in [-0.05, 0) is 19.3 Å². The van der Waals surface area contributed by atoms with Gasteiger partial charge in [0, 0.05) is 38.2 Å². The summed E-state index contributed by atoms with van der Waals surface area (Å²) in [5.74, 6) is 0.148. The van der Waals surface area contributed by atoms with Crippen molar-refractivity contribution >= 4 is 17.5 Å². The number of aryl methyl sites for hydroxylation is 1. The van der Waals surface area contributed by atoms with Crippen molar-refractivity contribution in [1.29, 1.82) is 0 Å². The number of carbonyl (C=O) groups is 1. The van der Waals surface area contributed by atoms with Crippen molar-refractivity contribution < 1.29 is 4.79 Å². The Kier molecular flexibility index (Phi) is 3.96. The number of nitrogens with one attached hydrogen (secondary N) is 1. The molecule has 1 N–H and O–H groups in total. The summed E-state index contributed by atoms with van der Waals surface area (Å²) in [5.41, 5.74) is -0.226. The average Bonchev–Trinajstić information content (AvgIpc) is 2.86. The summed E-state index contributed by atoms with van der Waals surface area (Å²) >= 11 is 5.80. The highest BCUT2D eigenvalue weighted by Crippen LogP contribution is 2.47. The molecule has 21 heavy (non-hydrogen) atoms. The lowest BCUT2D eigenvalue weighted by atomic mass is 10.1. The SMILES string of the molecule is O=C(NCCCn1cc(Cl)cn1)C1(Cn2ccnc2)CC1. The monoisotopic (exact) mass is 307 g/mol. The van der Waals surface area contributed by atoms with Crippen molar-refractivity contribution in [2.45, 2.75) is 32.4 Å². The number of amides is 1. The summed E-state index contributed by atoms with van der Waals surface area (Å²) in [7, 11) is 0. The van der Waals surface area contributed by atoms with E-state index in [1.165, 1.54) is 0 Å². The van der Waals surface area contributed by atoms with Crippen molar-refractivity contribution in [2.75, 3.05) is 6.54 Å². The molecule has 1 fully saturated rings. The minimum Gasteiger partial charge on any atom is -0.355 e. The minimum atomic E-state index is -0.226. The zero-order chi connectivity index (χ0) is 14.7. The highest BCUT2D eigenvalue weighted by molar-refractivity contribution is 6.30. The molecule has 1 amide bonds. The average molecular weight is 308 g/mol. The van der Waals surface area contributed by atoms with Crippen molar-refractivity contribution in [1.82, 2.24) is 24.6 Å². The van der Waals surface area contributed by atoms with Gasteiger partial charge in [-0.15, -0.1) is 0 Å². The van der Waals surface area contributed by atoms with E-state index in [0.29, 0.717) is 18.1 Å². The molecule has 0 unspecified atom stereocenters. The predicted molar refractivity (Wildman–Crippen MR) is 78.8 cm³/mol. The Morgan fingerprint density at radius 2 is 2.33 bits per heavy atom. The second-order valence-corrected chi connectivity index (χ2v) is 5.98. The van der Waals surface area contributed by atoms with Gasteiger partial charge >= 0.3 is 0 Å². The molecule has 3 rings (SSSR count). The maximum Gasteiger partial charge on any atom is 0.228 e. The van der Waals surface area contributed by atoms with Crippen molar-refractivity contribution in [3.8, 4) is 0 Å². The molecule has 0 saturated heterocycles. The fourth-order valence-corrected chi connectivity index (χ4v) is 2.59. The quantitative estimate of drug-likeness (QED) is 0.792. The van der Waals surface area contributed by atoms with Crippen LogP contribution in [0, 0.1) is 5.41 Å². The van der Waals surface area contributed by atoms with Crippen LogP contribution in [0.25, 0.3) is 0 Å². The number of aromatic nitrogens is 4. The molecule has 7 heteroatoms. The Morgan fingerprint density at radius 3 is 2.95 bits per heavy atom. The van der Waals surface area contributed by atoms with Gasteiger partial charge in [-0.1, -0.05) is 11.6 Å². The van der Waals surface area contributed by atoms with Crippen LogP contribution in [0.3, 0.4) is 0 Å². The van der Waals surface area contributed by atoms with Crippen LogP contribution in [0.4, 0.5) is 0 Å². The number of halogens is 1. The van der Waals surface area contributed by atoms with Gasteiger partial charge in [0.2, 0.25) is 5.91 Å². The second-order valence-electron chi connectivity index (χ2n) is 5.55. The minimum absolute atomic E-state index is 0.148. The van der Waals surface area contributed by atoms with Crippen LogP contribution in [-0.2, 0) is 17.9 Å². The molecule has 0 bridgehead atoms. The third kappa shape index (κ3) is 3.44. The van der Waals surface area contributed by atoms with Crippen LogP contribution < -0.4 is 5.32 Å². The topological polar surface area (TPSA) is 64.7 Å². The molecule has 0 radical (unpaired) electrons. The predicted octanol–water partition coefficient (Wildman–Crippen LogP) is 1.72. The fourth-order valence-electron chi connectivity index (χ4n) is 2.43. The molecule has 0 aromatic carbocycles. The zero-order valence-corrected chi connectivity index (χ0v) is 12.5. The number of hydrogen-bond donors (Lipinski definition) is 1. The molecule has 112 valence electrons. The van der Waals surface area contributed by atoms with E-state index in [4.69, 9.17) is 11.6 Å². The van der Waals surface area contributed by atoms with Gasteiger partial charge in [-0.3, -0.25) is 9.48 Å². The lowest BCUT2D eigenvalue weighted by Gasteiger charge is -2.15. The number of rotatable bonds is 7. The van der Waals surface area contributed by atoms with Crippen LogP contribution >= 0.6 is 11.6 Å². The summed E-state index contributed by atoms with van der Waals surface area (Å²) in [4.78, 5) is 16.3. The molecule has 1 saturated carbocycles. The Morgan fingerprint density at radius 1 is 1.48 bits per heavy atom. The zero-order valence-electron chi connectivity index (χ0n) is 11.7. The van der Waals surface area contributed by atoms with Gasteiger partial charge in [0.1, 0.15) is 0 Å². The molecule has 6 nitrogen and oxygen atoms in total. The van der Waals surface area contributed by atoms with Crippen LogP contribution in [0.5, 0.6) is 0 Å². The Balaban J connectivity index is 1.42. The molecule has 1 aliphatic rings. The van der Waals surface area contributed by atoms with E-state index >= 15 is 0 Å². The molecule has 0 spiro atoms. The molecule has 1 aliphatic carbocycles. The molecular formula is C14H18ClN5O. The van der Waals surface area contributed by atoms with E-state index in [9.17, 15) is 4.79 Å². The Bertz CT molecular complexity index is 603. The maximum absolute atomic E-state index is 12.3. The third-order valence-corrected chi connectivity index (χ3v) is 4.03. The second kappa shape index (κ2) is 5.89. The van der Waals surface area contributed by atoms with E-state index in [0.717, 1.165) is 25.8 Å². The summed E-state index contributed by atoms with van der Waals surface area (Å²) in [6.45, 7) is 2.12. The lowest BCUT2D eigenvalue weighted by molar-refractivity contribution is -0.126. The Labute approximate surface area is 128 Å². The number of nitrogens with zero attached hydrogens (tertiary/aromatic N) is 4. The van der Waals surface area contributed by atoms with Gasteiger partial charge in [-0.25, -0.2) is 4.98 Å². The first-order valence-electron chi connectivity index (χ1n) is 7.10. The van der Waals surface area contributed by atoms with Gasteiger partial charge in [0.05, 0.1) is 23.0 Å². The van der Waals surface area contributed by atoms with Gasteiger partial charge in [0.25, 0.3) is 0 Å². The molecule has 2 heterocycles. The van der Waals surface area contributed by atoms with Crippen molar-refractivity contribution in [3.05, 3.63) is 36.1 Å². The lowest BCUT2D eigenvalue weighted by Crippen LogP contribution is -2.35. The first-order valence-corrected chi connectivity index (χ1v) is 7.48. The van der Waals surface area contributed by atoms with Crippen LogP contribution in [0.1, 0.15) is 19.3 Å². The van der Waals surface area contributed by atoms with Gasteiger partial charge in [-0.2, -0.15) is 5.10 Å². The van der Waals surface area contributed by atoms with Crippen LogP contribution in [0.15, 0.2) is 31.1 Å². The van der Waals surface area contributed by atoms with Gasteiger partial charge in [0.15, 0.2) is 0 Å². The van der Waals surface area contributed by atoms with Crippen molar-refractivity contribution in [3.63, 3.8) is 0 Å². The maximum atomic E-state index is 12.3. The van der Waals surface area contributed by atoms with Gasteiger partial charge < -0.3 is 9.88 Å². The molecular weight excluding hydrogens is 290 g/mol. The highest BCUT2D eigenvalue weighted by atomic mass is 35.5. The van der Waals surface area contributed by atoms with Crippen molar-refractivity contribution in [2.24, 2.45) is 5.41 Å². The fraction of sp³-hybridized carbons (Fsp3) is 0.500. The smallest absolute Gasteiger partial charge is 0.228 e. The van der Waals surface area contributed by atoms with E-state index in [2.05, 4.69) is 15.4 Å². The molecule has 2 aromatic rings. The highest BCUT2D eigenvalue weighted by Gasteiger charge is 2.49. The third-order valence-electron chi connectivity index (χ3n) is 3.83. The summed E-state index contributed by atoms with van der Waals surface area (Å²) in [5, 5.41) is 7.77. The molecule has 0 atom stereocenters. The van der Waals surface area contributed by atoms with E-state index < -0.39 is 0 Å². The molecule has 2 aromatic heterocycles. The largest absolute Gasteiger partial charge is 0.355 e. The summed E-state index contributed by atoms with van der Waals surface area (Å²) < 4.78 is 3.76. The van der Waals surface area contributed by atoms with E-state index in [1.807, 2.05) is 10.8 Å². The standard InChI is InChI=1S/C14H18ClN5O/c15-12-8-18-20(9-12)6-1-4-17-13(21)14(2-3-14)10-19-7-5-16-11-19/h5,7-9,11H,1-4,6,10H2,(H,17,21). The number of hydrogen-bond acceptors (Lipinski definition) is 3. The summed E-state index contributed by atoms with van der Waals surface area (Å²) in [6.07, 6.45) is 11.5. The van der Waals surface area contributed by atoms with Crippen LogP contribution in [-0.4, -0.2) is 31.8 Å². The normalized spacial score (nSPS) is 15.9. The Hall–Kier alpha value is -1.82. The summed E-state index contributed by atoms with van der Waals surface area (Å²) in [6, 6.07) is 0. The molecule has 0 aliphatic heterocycles. The number of imidazole rings is 1. The van der Waals surface area contributed by atoms with E-state index in [-0.39, 0.29) is 11.3 Å². The first-order chi connectivity index (χ1) is 10.2.